The predicted molar refractivity (Wildman–Crippen MR) is 61.3 cm³/mol. The third-order valence-electron chi connectivity index (χ3n) is 2.00. The number of aromatic nitrogens is 1. The summed E-state index contributed by atoms with van der Waals surface area (Å²) < 4.78 is 0. The fourth-order valence-corrected chi connectivity index (χ4v) is 2.06. The van der Waals surface area contributed by atoms with Gasteiger partial charge >= 0.3 is 0 Å². The molecule has 0 saturated heterocycles. The number of nitrogens with zero attached hydrogens (tertiary/aromatic N) is 1. The third-order valence-corrected chi connectivity index (χ3v) is 2.83. The Morgan fingerprint density at radius 2 is 2.00 bits per heavy atom. The molecule has 72 valence electrons. The van der Waals surface area contributed by atoms with Gasteiger partial charge < -0.3 is 0 Å². The molecular weight excluding hydrogens is 240 g/mol. The molecule has 0 N–H and O–H groups in total. The molecule has 1 aromatic carbocycles. The Morgan fingerprint density at radius 1 is 1.21 bits per heavy atom. The number of pyridine rings is 1. The summed E-state index contributed by atoms with van der Waals surface area (Å²) in [5, 5.41) is 2.21. The van der Waals surface area contributed by atoms with Gasteiger partial charge in [0.25, 0.3) is 0 Å². The number of benzene rings is 1. The number of rotatable bonds is 1. The van der Waals surface area contributed by atoms with Crippen LogP contribution in [0.3, 0.4) is 0 Å². The largest absolute Gasteiger partial charge is 0.254 e. The molecule has 2 rings (SSSR count). The van der Waals surface area contributed by atoms with Crippen LogP contribution >= 0.6 is 34.8 Å². The second-order valence-corrected chi connectivity index (χ2v) is 4.00. The SMILES string of the molecule is ClCc1c(Cl)ccc2cc(Cl)cnc12. The van der Waals surface area contributed by atoms with Crippen LogP contribution in [0, 0.1) is 0 Å². The van der Waals surface area contributed by atoms with Crippen LogP contribution in [-0.4, -0.2) is 4.98 Å². The Morgan fingerprint density at radius 3 is 2.71 bits per heavy atom. The first-order valence-corrected chi connectivity index (χ1v) is 5.30. The Hall–Kier alpha value is -0.500. The average Bonchev–Trinajstić information content (AvgIpc) is 2.18. The van der Waals surface area contributed by atoms with Gasteiger partial charge in [0.05, 0.1) is 16.4 Å². The predicted octanol–water partition coefficient (Wildman–Crippen LogP) is 4.28. The fraction of sp³-hybridized carbons (Fsp3) is 0.100. The van der Waals surface area contributed by atoms with Gasteiger partial charge in [-0.05, 0) is 12.1 Å². The van der Waals surface area contributed by atoms with Crippen LogP contribution in [0.15, 0.2) is 24.4 Å². The lowest BCUT2D eigenvalue weighted by Crippen LogP contribution is -1.87. The molecule has 1 heterocycles. The average molecular weight is 247 g/mol. The van der Waals surface area contributed by atoms with Crippen molar-refractivity contribution < 1.29 is 0 Å². The van der Waals surface area contributed by atoms with Crippen molar-refractivity contribution in [1.82, 2.24) is 4.98 Å². The Bertz CT molecular complexity index is 482. The first kappa shape index (κ1) is 10.0. The van der Waals surface area contributed by atoms with Crippen molar-refractivity contribution in [2.45, 2.75) is 5.88 Å². The molecule has 0 aliphatic carbocycles. The summed E-state index contributed by atoms with van der Waals surface area (Å²) in [6.45, 7) is 0. The molecule has 1 nitrogen and oxygen atoms in total. The minimum absolute atomic E-state index is 0.352. The van der Waals surface area contributed by atoms with Gasteiger partial charge in [-0.1, -0.05) is 29.3 Å². The minimum Gasteiger partial charge on any atom is -0.254 e. The zero-order valence-corrected chi connectivity index (χ0v) is 9.37. The van der Waals surface area contributed by atoms with E-state index in [0.29, 0.717) is 15.9 Å². The zero-order valence-electron chi connectivity index (χ0n) is 7.10. The summed E-state index contributed by atoms with van der Waals surface area (Å²) in [5.41, 5.74) is 1.67. The molecule has 0 bridgehead atoms. The molecule has 0 unspecified atom stereocenters. The van der Waals surface area contributed by atoms with E-state index in [1.165, 1.54) is 0 Å². The fourth-order valence-electron chi connectivity index (χ4n) is 1.34. The van der Waals surface area contributed by atoms with Gasteiger partial charge in [0, 0.05) is 22.2 Å². The summed E-state index contributed by atoms with van der Waals surface area (Å²) >= 11 is 17.6. The standard InChI is InChI=1S/C10H6Cl3N/c11-4-8-9(13)2-1-6-3-7(12)5-14-10(6)8/h1-3,5H,4H2. The normalized spacial score (nSPS) is 10.8. The van der Waals surface area contributed by atoms with Gasteiger partial charge in [0.1, 0.15) is 0 Å². The van der Waals surface area contributed by atoms with Crippen LogP contribution < -0.4 is 0 Å². The molecule has 0 amide bonds. The molecule has 0 saturated carbocycles. The summed E-state index contributed by atoms with van der Waals surface area (Å²) in [4.78, 5) is 4.21. The van der Waals surface area contributed by atoms with Crippen LogP contribution in [0.5, 0.6) is 0 Å². The highest BCUT2D eigenvalue weighted by Crippen LogP contribution is 2.27. The minimum atomic E-state index is 0.352. The maximum atomic E-state index is 5.99. The third kappa shape index (κ3) is 1.68. The molecule has 0 spiro atoms. The van der Waals surface area contributed by atoms with Gasteiger partial charge in [0.15, 0.2) is 0 Å². The van der Waals surface area contributed by atoms with Crippen LogP contribution in [-0.2, 0) is 5.88 Å². The van der Waals surface area contributed by atoms with E-state index < -0.39 is 0 Å². The zero-order chi connectivity index (χ0) is 10.1. The number of fused-ring (bicyclic) bond motifs is 1. The van der Waals surface area contributed by atoms with E-state index in [4.69, 9.17) is 34.8 Å². The lowest BCUT2D eigenvalue weighted by atomic mass is 10.1. The summed E-state index contributed by atoms with van der Waals surface area (Å²) in [6, 6.07) is 5.53. The summed E-state index contributed by atoms with van der Waals surface area (Å²) in [7, 11) is 0. The molecule has 2 aromatic rings. The van der Waals surface area contributed by atoms with Crippen LogP contribution in [0.2, 0.25) is 10.0 Å². The highest BCUT2D eigenvalue weighted by molar-refractivity contribution is 6.34. The van der Waals surface area contributed by atoms with E-state index in [-0.39, 0.29) is 0 Å². The molecule has 1 aromatic heterocycles. The van der Waals surface area contributed by atoms with Crippen molar-refractivity contribution in [2.24, 2.45) is 0 Å². The molecule has 0 atom stereocenters. The van der Waals surface area contributed by atoms with Crippen molar-refractivity contribution in [3.8, 4) is 0 Å². The second-order valence-electron chi connectivity index (χ2n) is 2.88. The molecule has 0 radical (unpaired) electrons. The summed E-state index contributed by atoms with van der Waals surface area (Å²) in [6.07, 6.45) is 1.59. The van der Waals surface area contributed by atoms with Crippen LogP contribution in [0.1, 0.15) is 5.56 Å². The van der Waals surface area contributed by atoms with E-state index in [0.717, 1.165) is 16.5 Å². The molecule has 14 heavy (non-hydrogen) atoms. The number of hydrogen-bond donors (Lipinski definition) is 0. The van der Waals surface area contributed by atoms with Crippen molar-refractivity contribution in [3.63, 3.8) is 0 Å². The number of alkyl halides is 1. The quantitative estimate of drug-likeness (QED) is 0.684. The topological polar surface area (TPSA) is 12.9 Å². The van der Waals surface area contributed by atoms with Crippen LogP contribution in [0.25, 0.3) is 10.9 Å². The molecule has 4 heteroatoms. The number of hydrogen-bond acceptors (Lipinski definition) is 1. The molecular formula is C10H6Cl3N. The molecule has 0 fully saturated rings. The van der Waals surface area contributed by atoms with E-state index >= 15 is 0 Å². The lowest BCUT2D eigenvalue weighted by Gasteiger charge is -2.04. The van der Waals surface area contributed by atoms with E-state index in [1.54, 1.807) is 12.3 Å². The highest BCUT2D eigenvalue weighted by Gasteiger charge is 2.06. The van der Waals surface area contributed by atoms with E-state index in [2.05, 4.69) is 4.98 Å². The van der Waals surface area contributed by atoms with Gasteiger partial charge in [0.2, 0.25) is 0 Å². The van der Waals surface area contributed by atoms with Crippen molar-refractivity contribution in [2.75, 3.05) is 0 Å². The van der Waals surface area contributed by atoms with Gasteiger partial charge in [-0.2, -0.15) is 0 Å². The van der Waals surface area contributed by atoms with Crippen molar-refractivity contribution in [3.05, 3.63) is 40.0 Å². The summed E-state index contributed by atoms with van der Waals surface area (Å²) in [5.74, 6) is 0.352. The highest BCUT2D eigenvalue weighted by atomic mass is 35.5. The smallest absolute Gasteiger partial charge is 0.0762 e. The Kier molecular flexibility index (Phi) is 2.82. The molecule has 0 aliphatic heterocycles. The maximum absolute atomic E-state index is 5.99. The monoisotopic (exact) mass is 245 g/mol. The van der Waals surface area contributed by atoms with Crippen molar-refractivity contribution in [1.29, 1.82) is 0 Å². The Balaban J connectivity index is 2.82. The van der Waals surface area contributed by atoms with E-state index in [9.17, 15) is 0 Å². The second kappa shape index (κ2) is 3.93. The first-order valence-electron chi connectivity index (χ1n) is 4.01. The van der Waals surface area contributed by atoms with Gasteiger partial charge in [-0.3, -0.25) is 4.98 Å². The Labute approximate surface area is 96.6 Å². The van der Waals surface area contributed by atoms with Crippen molar-refractivity contribution >= 4 is 45.7 Å². The number of halogens is 3. The van der Waals surface area contributed by atoms with E-state index in [1.807, 2.05) is 12.1 Å². The van der Waals surface area contributed by atoms with Gasteiger partial charge in [-0.15, -0.1) is 11.6 Å². The van der Waals surface area contributed by atoms with Crippen LogP contribution in [0.4, 0.5) is 0 Å². The maximum Gasteiger partial charge on any atom is 0.0762 e. The first-order chi connectivity index (χ1) is 6.72. The molecule has 0 aliphatic rings. The lowest BCUT2D eigenvalue weighted by molar-refractivity contribution is 1.34. The van der Waals surface area contributed by atoms with Gasteiger partial charge in [-0.25, -0.2) is 0 Å².